The van der Waals surface area contributed by atoms with Gasteiger partial charge in [0.15, 0.2) is 0 Å². The molecule has 4 nitrogen and oxygen atoms in total. The van der Waals surface area contributed by atoms with E-state index in [0.717, 1.165) is 10.0 Å². The standard InChI is InChI=1S/C15H14BrClN2O2/c16-11-7-13(18-8-11)15(20)19-5-6-21-14(9-19)10-1-3-12(17)4-2-10/h1-4,7-8,14,18H,5-6,9H2. The number of H-pyrrole nitrogens is 1. The summed E-state index contributed by atoms with van der Waals surface area (Å²) in [4.78, 5) is 17.2. The van der Waals surface area contributed by atoms with Crippen molar-refractivity contribution in [2.45, 2.75) is 6.10 Å². The first-order valence-corrected chi connectivity index (χ1v) is 7.81. The van der Waals surface area contributed by atoms with Crippen LogP contribution < -0.4 is 0 Å². The van der Waals surface area contributed by atoms with E-state index in [1.54, 1.807) is 17.2 Å². The Hall–Kier alpha value is -1.30. The van der Waals surface area contributed by atoms with Crippen LogP contribution in [0.1, 0.15) is 22.2 Å². The summed E-state index contributed by atoms with van der Waals surface area (Å²) in [5, 5.41) is 0.693. The predicted octanol–water partition coefficient (Wildman–Crippen LogP) is 3.64. The summed E-state index contributed by atoms with van der Waals surface area (Å²) >= 11 is 9.24. The van der Waals surface area contributed by atoms with E-state index in [4.69, 9.17) is 16.3 Å². The highest BCUT2D eigenvalue weighted by Crippen LogP contribution is 2.24. The Morgan fingerprint density at radius 3 is 2.81 bits per heavy atom. The molecule has 1 aliphatic heterocycles. The van der Waals surface area contributed by atoms with Crippen molar-refractivity contribution in [2.24, 2.45) is 0 Å². The van der Waals surface area contributed by atoms with Crippen molar-refractivity contribution in [3.05, 3.63) is 57.3 Å². The number of amides is 1. The maximum Gasteiger partial charge on any atom is 0.270 e. The molecule has 1 amide bonds. The number of benzene rings is 1. The third-order valence-corrected chi connectivity index (χ3v) is 4.18. The second-order valence-electron chi connectivity index (χ2n) is 4.89. The number of morpholine rings is 1. The topological polar surface area (TPSA) is 45.3 Å². The monoisotopic (exact) mass is 368 g/mol. The molecule has 0 bridgehead atoms. The lowest BCUT2D eigenvalue weighted by Gasteiger charge is -2.33. The number of rotatable bonds is 2. The Morgan fingerprint density at radius 2 is 2.14 bits per heavy atom. The third kappa shape index (κ3) is 3.31. The van der Waals surface area contributed by atoms with Crippen LogP contribution in [0.5, 0.6) is 0 Å². The quantitative estimate of drug-likeness (QED) is 0.878. The molecule has 1 unspecified atom stereocenters. The summed E-state index contributed by atoms with van der Waals surface area (Å²) in [6, 6.07) is 9.33. The number of hydrogen-bond acceptors (Lipinski definition) is 2. The van der Waals surface area contributed by atoms with E-state index in [-0.39, 0.29) is 12.0 Å². The normalized spacial score (nSPS) is 18.8. The number of halogens is 2. The fourth-order valence-corrected chi connectivity index (χ4v) is 2.84. The SMILES string of the molecule is O=C(c1cc(Br)c[nH]1)N1CCOC(c2ccc(Cl)cc2)C1. The van der Waals surface area contributed by atoms with Gasteiger partial charge in [0.05, 0.1) is 13.2 Å². The van der Waals surface area contributed by atoms with Gasteiger partial charge in [0, 0.05) is 22.2 Å². The van der Waals surface area contributed by atoms with Gasteiger partial charge in [-0.15, -0.1) is 0 Å². The van der Waals surface area contributed by atoms with Gasteiger partial charge in [-0.25, -0.2) is 0 Å². The number of carbonyl (C=O) groups excluding carboxylic acids is 1. The van der Waals surface area contributed by atoms with E-state index in [2.05, 4.69) is 20.9 Å². The van der Waals surface area contributed by atoms with Crippen LogP contribution in [0.25, 0.3) is 0 Å². The lowest BCUT2D eigenvalue weighted by atomic mass is 10.1. The van der Waals surface area contributed by atoms with Gasteiger partial charge in [-0.05, 0) is 39.7 Å². The molecule has 0 radical (unpaired) electrons. The molecule has 1 aromatic heterocycles. The highest BCUT2D eigenvalue weighted by atomic mass is 79.9. The van der Waals surface area contributed by atoms with E-state index >= 15 is 0 Å². The Balaban J connectivity index is 1.73. The molecule has 1 N–H and O–H groups in total. The average Bonchev–Trinajstić information content (AvgIpc) is 2.94. The van der Waals surface area contributed by atoms with Gasteiger partial charge in [-0.2, -0.15) is 0 Å². The molecule has 21 heavy (non-hydrogen) atoms. The van der Waals surface area contributed by atoms with Crippen molar-refractivity contribution in [1.82, 2.24) is 9.88 Å². The summed E-state index contributed by atoms with van der Waals surface area (Å²) in [7, 11) is 0. The van der Waals surface area contributed by atoms with E-state index in [9.17, 15) is 4.79 Å². The van der Waals surface area contributed by atoms with Crippen molar-refractivity contribution in [1.29, 1.82) is 0 Å². The Kier molecular flexibility index (Phi) is 4.33. The van der Waals surface area contributed by atoms with Crippen LogP contribution in [0.3, 0.4) is 0 Å². The van der Waals surface area contributed by atoms with Crippen molar-refractivity contribution in [2.75, 3.05) is 19.7 Å². The molecule has 1 atom stereocenters. The molecule has 2 aromatic rings. The highest BCUT2D eigenvalue weighted by Gasteiger charge is 2.26. The predicted molar refractivity (Wildman–Crippen MR) is 84.5 cm³/mol. The van der Waals surface area contributed by atoms with Crippen LogP contribution in [0.2, 0.25) is 5.02 Å². The molecule has 0 aliphatic carbocycles. The molecule has 1 saturated heterocycles. The largest absolute Gasteiger partial charge is 0.370 e. The van der Waals surface area contributed by atoms with E-state index in [1.165, 1.54) is 0 Å². The van der Waals surface area contributed by atoms with E-state index < -0.39 is 0 Å². The summed E-state index contributed by atoms with van der Waals surface area (Å²) < 4.78 is 6.64. The van der Waals surface area contributed by atoms with Gasteiger partial charge in [-0.1, -0.05) is 23.7 Å². The number of carbonyl (C=O) groups is 1. The fourth-order valence-electron chi connectivity index (χ4n) is 2.37. The molecule has 3 rings (SSSR count). The van der Waals surface area contributed by atoms with Crippen molar-refractivity contribution >= 4 is 33.4 Å². The molecule has 1 aromatic carbocycles. The van der Waals surface area contributed by atoms with Crippen LogP contribution in [0.4, 0.5) is 0 Å². The molecule has 110 valence electrons. The summed E-state index contributed by atoms with van der Waals surface area (Å²) in [5.74, 6) is -0.0111. The maximum atomic E-state index is 12.4. The highest BCUT2D eigenvalue weighted by molar-refractivity contribution is 9.10. The molecule has 0 saturated carbocycles. The first kappa shape index (κ1) is 14.6. The lowest BCUT2D eigenvalue weighted by molar-refractivity contribution is -0.0229. The van der Waals surface area contributed by atoms with Gasteiger partial charge in [-0.3, -0.25) is 4.79 Å². The first-order valence-electron chi connectivity index (χ1n) is 6.64. The van der Waals surface area contributed by atoms with Gasteiger partial charge >= 0.3 is 0 Å². The number of aromatic amines is 1. The summed E-state index contributed by atoms with van der Waals surface area (Å²) in [5.41, 5.74) is 1.61. The summed E-state index contributed by atoms with van der Waals surface area (Å²) in [6.45, 7) is 1.66. The maximum absolute atomic E-state index is 12.4. The molecule has 1 aliphatic rings. The minimum atomic E-state index is -0.113. The molecule has 6 heteroatoms. The molecule has 0 spiro atoms. The molecular formula is C15H14BrClN2O2. The van der Waals surface area contributed by atoms with Gasteiger partial charge in [0.25, 0.3) is 5.91 Å². The van der Waals surface area contributed by atoms with Crippen molar-refractivity contribution in [3.8, 4) is 0 Å². The van der Waals surface area contributed by atoms with E-state index in [1.807, 2.05) is 24.3 Å². The second-order valence-corrected chi connectivity index (χ2v) is 6.25. The zero-order chi connectivity index (χ0) is 14.8. The number of aromatic nitrogens is 1. The number of ether oxygens (including phenoxy) is 1. The fraction of sp³-hybridized carbons (Fsp3) is 0.267. The second kappa shape index (κ2) is 6.22. The van der Waals surface area contributed by atoms with Gasteiger partial charge < -0.3 is 14.6 Å². The summed E-state index contributed by atoms with van der Waals surface area (Å²) in [6.07, 6.45) is 1.64. The lowest BCUT2D eigenvalue weighted by Crippen LogP contribution is -2.42. The van der Waals surface area contributed by atoms with E-state index in [0.29, 0.717) is 30.4 Å². The number of hydrogen-bond donors (Lipinski definition) is 1. The Bertz CT molecular complexity index is 641. The first-order chi connectivity index (χ1) is 10.1. The van der Waals surface area contributed by atoms with Crippen molar-refractivity contribution in [3.63, 3.8) is 0 Å². The molecule has 2 heterocycles. The zero-order valence-corrected chi connectivity index (χ0v) is 13.5. The number of nitrogens with zero attached hydrogens (tertiary/aromatic N) is 1. The average molecular weight is 370 g/mol. The van der Waals surface area contributed by atoms with Crippen LogP contribution in [0, 0.1) is 0 Å². The van der Waals surface area contributed by atoms with Gasteiger partial charge in [0.2, 0.25) is 0 Å². The zero-order valence-electron chi connectivity index (χ0n) is 11.2. The number of nitrogens with one attached hydrogen (secondary N) is 1. The van der Waals surface area contributed by atoms with Crippen LogP contribution in [-0.4, -0.2) is 35.5 Å². The van der Waals surface area contributed by atoms with Crippen LogP contribution in [0.15, 0.2) is 41.0 Å². The third-order valence-electron chi connectivity index (χ3n) is 3.47. The van der Waals surface area contributed by atoms with Crippen LogP contribution in [-0.2, 0) is 4.74 Å². The van der Waals surface area contributed by atoms with Gasteiger partial charge in [0.1, 0.15) is 11.8 Å². The molecule has 1 fully saturated rings. The smallest absolute Gasteiger partial charge is 0.270 e. The Labute approximate surface area is 136 Å². The minimum absolute atomic E-state index is 0.0111. The Morgan fingerprint density at radius 1 is 1.38 bits per heavy atom. The van der Waals surface area contributed by atoms with Crippen LogP contribution >= 0.6 is 27.5 Å². The van der Waals surface area contributed by atoms with Crippen molar-refractivity contribution < 1.29 is 9.53 Å². The minimum Gasteiger partial charge on any atom is -0.370 e. The molecular weight excluding hydrogens is 356 g/mol.